The Hall–Kier alpha value is -2.37. The number of amides is 2. The van der Waals surface area contributed by atoms with Gasteiger partial charge in [0.1, 0.15) is 5.41 Å². The lowest BCUT2D eigenvalue weighted by molar-refractivity contribution is -0.145. The van der Waals surface area contributed by atoms with Gasteiger partial charge in [0.15, 0.2) is 0 Å². The standard InChI is InChI=1S/C19H24N2O4/c1-20-17(24)19(8-9-19)18(25)21-10-6-13(7-11-21)12-14-4-2-3-5-15(14)16(22)23/h2-5,13H,6-12H2,1H3,(H,20,24)(H,22,23). The molecule has 0 aromatic heterocycles. The minimum atomic E-state index is -0.899. The number of carbonyl (C=O) groups excluding carboxylic acids is 2. The van der Waals surface area contributed by atoms with Gasteiger partial charge < -0.3 is 15.3 Å². The Kier molecular flexibility index (Phi) is 4.79. The molecule has 1 aliphatic heterocycles. The number of nitrogens with zero attached hydrogens (tertiary/aromatic N) is 1. The molecule has 0 atom stereocenters. The van der Waals surface area contributed by atoms with Crippen molar-refractivity contribution in [3.63, 3.8) is 0 Å². The molecule has 2 aliphatic rings. The number of aromatic carboxylic acids is 1. The number of hydrogen-bond acceptors (Lipinski definition) is 3. The van der Waals surface area contributed by atoms with Crippen LogP contribution in [0.3, 0.4) is 0 Å². The zero-order valence-corrected chi connectivity index (χ0v) is 14.5. The molecule has 6 heteroatoms. The van der Waals surface area contributed by atoms with Crippen molar-refractivity contribution >= 4 is 17.8 Å². The molecule has 1 saturated heterocycles. The number of carbonyl (C=O) groups is 3. The number of nitrogens with one attached hydrogen (secondary N) is 1. The Labute approximate surface area is 147 Å². The molecular formula is C19H24N2O4. The molecule has 0 radical (unpaired) electrons. The Bertz CT molecular complexity index is 688. The molecule has 0 bridgehead atoms. The first-order valence-corrected chi connectivity index (χ1v) is 8.80. The molecule has 2 amide bonds. The van der Waals surface area contributed by atoms with Crippen LogP contribution in [-0.2, 0) is 16.0 Å². The van der Waals surface area contributed by atoms with E-state index in [-0.39, 0.29) is 11.8 Å². The monoisotopic (exact) mass is 344 g/mol. The lowest BCUT2D eigenvalue weighted by Crippen LogP contribution is -2.47. The SMILES string of the molecule is CNC(=O)C1(C(=O)N2CCC(Cc3ccccc3C(=O)O)CC2)CC1. The van der Waals surface area contributed by atoms with E-state index in [1.807, 2.05) is 17.0 Å². The molecule has 2 fully saturated rings. The molecule has 1 heterocycles. The lowest BCUT2D eigenvalue weighted by atomic mass is 9.87. The van der Waals surface area contributed by atoms with Gasteiger partial charge in [-0.3, -0.25) is 9.59 Å². The largest absolute Gasteiger partial charge is 0.478 e. The first kappa shape index (κ1) is 17.5. The summed E-state index contributed by atoms with van der Waals surface area (Å²) in [6.07, 6.45) is 3.66. The van der Waals surface area contributed by atoms with Crippen LogP contribution in [0.5, 0.6) is 0 Å². The molecule has 2 N–H and O–H groups in total. The Balaban J connectivity index is 1.59. The van der Waals surface area contributed by atoms with Crippen LogP contribution in [0.25, 0.3) is 0 Å². The van der Waals surface area contributed by atoms with Gasteiger partial charge >= 0.3 is 5.97 Å². The Morgan fingerprint density at radius 3 is 2.40 bits per heavy atom. The highest BCUT2D eigenvalue weighted by molar-refractivity contribution is 6.07. The zero-order chi connectivity index (χ0) is 18.0. The van der Waals surface area contributed by atoms with Crippen LogP contribution >= 0.6 is 0 Å². The summed E-state index contributed by atoms with van der Waals surface area (Å²) in [4.78, 5) is 37.8. The predicted molar refractivity (Wildman–Crippen MR) is 92.1 cm³/mol. The van der Waals surface area contributed by atoms with E-state index in [2.05, 4.69) is 5.32 Å². The molecule has 1 aliphatic carbocycles. The van der Waals surface area contributed by atoms with Crippen molar-refractivity contribution in [3.8, 4) is 0 Å². The van der Waals surface area contributed by atoms with Crippen LogP contribution in [0.15, 0.2) is 24.3 Å². The van der Waals surface area contributed by atoms with Gasteiger partial charge in [0.05, 0.1) is 5.56 Å². The molecular weight excluding hydrogens is 320 g/mol. The zero-order valence-electron chi connectivity index (χ0n) is 14.5. The molecule has 6 nitrogen and oxygen atoms in total. The second-order valence-electron chi connectivity index (χ2n) is 7.06. The van der Waals surface area contributed by atoms with E-state index < -0.39 is 11.4 Å². The van der Waals surface area contributed by atoms with E-state index in [1.54, 1.807) is 19.2 Å². The Morgan fingerprint density at radius 1 is 1.20 bits per heavy atom. The summed E-state index contributed by atoms with van der Waals surface area (Å²) in [6, 6.07) is 7.10. The molecule has 0 unspecified atom stereocenters. The third-order valence-corrected chi connectivity index (χ3v) is 5.48. The summed E-state index contributed by atoms with van der Waals surface area (Å²) in [5.74, 6) is -0.754. The summed E-state index contributed by atoms with van der Waals surface area (Å²) in [5.41, 5.74) is 0.388. The van der Waals surface area contributed by atoms with E-state index in [0.29, 0.717) is 43.8 Å². The fraction of sp³-hybridized carbons (Fsp3) is 0.526. The number of carboxylic acids is 1. The number of carboxylic acid groups (broad SMARTS) is 1. The van der Waals surface area contributed by atoms with Gasteiger partial charge in [-0.05, 0) is 49.7 Å². The maximum Gasteiger partial charge on any atom is 0.335 e. The van der Waals surface area contributed by atoms with Gasteiger partial charge in [0.25, 0.3) is 0 Å². The van der Waals surface area contributed by atoms with Crippen LogP contribution in [0, 0.1) is 11.3 Å². The summed E-state index contributed by atoms with van der Waals surface area (Å²) < 4.78 is 0. The average molecular weight is 344 g/mol. The average Bonchev–Trinajstić information content (AvgIpc) is 3.43. The summed E-state index contributed by atoms with van der Waals surface area (Å²) in [6.45, 7) is 1.27. The fourth-order valence-corrected chi connectivity index (χ4v) is 3.76. The highest BCUT2D eigenvalue weighted by Gasteiger charge is 2.57. The van der Waals surface area contributed by atoms with E-state index >= 15 is 0 Å². The summed E-state index contributed by atoms with van der Waals surface area (Å²) in [5, 5.41) is 11.9. The normalized spacial score (nSPS) is 19.3. The van der Waals surface area contributed by atoms with Gasteiger partial charge in [0, 0.05) is 20.1 Å². The summed E-state index contributed by atoms with van der Waals surface area (Å²) >= 11 is 0. The van der Waals surface area contributed by atoms with Gasteiger partial charge in [0.2, 0.25) is 11.8 Å². The highest BCUT2D eigenvalue weighted by Crippen LogP contribution is 2.48. The molecule has 1 saturated carbocycles. The van der Waals surface area contributed by atoms with Crippen molar-refractivity contribution in [3.05, 3.63) is 35.4 Å². The van der Waals surface area contributed by atoms with Crippen molar-refractivity contribution in [1.82, 2.24) is 10.2 Å². The van der Waals surface area contributed by atoms with Crippen molar-refractivity contribution < 1.29 is 19.5 Å². The quantitative estimate of drug-likeness (QED) is 0.796. The van der Waals surface area contributed by atoms with Crippen molar-refractivity contribution in [1.29, 1.82) is 0 Å². The van der Waals surface area contributed by atoms with Crippen LogP contribution < -0.4 is 5.32 Å². The van der Waals surface area contributed by atoms with E-state index in [1.165, 1.54) is 0 Å². The second-order valence-corrected chi connectivity index (χ2v) is 7.06. The topological polar surface area (TPSA) is 86.7 Å². The molecule has 25 heavy (non-hydrogen) atoms. The summed E-state index contributed by atoms with van der Waals surface area (Å²) in [7, 11) is 1.57. The maximum atomic E-state index is 12.7. The van der Waals surface area contributed by atoms with E-state index in [9.17, 15) is 19.5 Å². The first-order valence-electron chi connectivity index (χ1n) is 8.80. The third kappa shape index (κ3) is 3.38. The number of piperidine rings is 1. The van der Waals surface area contributed by atoms with Gasteiger partial charge in [-0.2, -0.15) is 0 Å². The van der Waals surface area contributed by atoms with Gasteiger partial charge in [-0.1, -0.05) is 18.2 Å². The van der Waals surface area contributed by atoms with Crippen molar-refractivity contribution in [2.75, 3.05) is 20.1 Å². The maximum absolute atomic E-state index is 12.7. The minimum Gasteiger partial charge on any atom is -0.478 e. The van der Waals surface area contributed by atoms with Gasteiger partial charge in [-0.25, -0.2) is 4.79 Å². The van der Waals surface area contributed by atoms with Crippen molar-refractivity contribution in [2.24, 2.45) is 11.3 Å². The lowest BCUT2D eigenvalue weighted by Gasteiger charge is -2.34. The number of hydrogen-bond donors (Lipinski definition) is 2. The van der Waals surface area contributed by atoms with Crippen LogP contribution in [0.1, 0.15) is 41.6 Å². The van der Waals surface area contributed by atoms with E-state index in [0.717, 1.165) is 18.4 Å². The van der Waals surface area contributed by atoms with Crippen LogP contribution in [-0.4, -0.2) is 47.9 Å². The molecule has 134 valence electrons. The number of rotatable bonds is 5. The first-order chi connectivity index (χ1) is 12.0. The molecule has 3 rings (SSSR count). The van der Waals surface area contributed by atoms with Crippen LogP contribution in [0.4, 0.5) is 0 Å². The number of benzene rings is 1. The van der Waals surface area contributed by atoms with Gasteiger partial charge in [-0.15, -0.1) is 0 Å². The van der Waals surface area contributed by atoms with Crippen LogP contribution in [0.2, 0.25) is 0 Å². The number of likely N-dealkylation sites (tertiary alicyclic amines) is 1. The second kappa shape index (κ2) is 6.86. The smallest absolute Gasteiger partial charge is 0.335 e. The Morgan fingerprint density at radius 2 is 1.84 bits per heavy atom. The molecule has 1 aromatic carbocycles. The molecule has 0 spiro atoms. The van der Waals surface area contributed by atoms with E-state index in [4.69, 9.17) is 0 Å². The molecule has 1 aromatic rings. The minimum absolute atomic E-state index is 0.0452. The predicted octanol–water partition coefficient (Wildman–Crippen LogP) is 1.69. The van der Waals surface area contributed by atoms with Crippen molar-refractivity contribution in [2.45, 2.75) is 32.1 Å². The highest BCUT2D eigenvalue weighted by atomic mass is 16.4. The fourth-order valence-electron chi connectivity index (χ4n) is 3.76. The third-order valence-electron chi connectivity index (χ3n) is 5.48.